The fraction of sp³-hybridized carbons (Fsp3) is 0.200. The van der Waals surface area contributed by atoms with Crippen LogP contribution in [0.2, 0.25) is 0 Å². The highest BCUT2D eigenvalue weighted by molar-refractivity contribution is 6.00. The fourth-order valence-electron chi connectivity index (χ4n) is 3.45. The van der Waals surface area contributed by atoms with Gasteiger partial charge in [0, 0.05) is 11.5 Å². The molecule has 3 aromatic rings. The van der Waals surface area contributed by atoms with Gasteiger partial charge in [0.25, 0.3) is 5.91 Å². The lowest BCUT2D eigenvalue weighted by Gasteiger charge is -2.20. The molecule has 0 fully saturated rings. The summed E-state index contributed by atoms with van der Waals surface area (Å²) >= 11 is 0. The maximum atomic E-state index is 12.7. The van der Waals surface area contributed by atoms with Crippen molar-refractivity contribution in [3.05, 3.63) is 78.4 Å². The molecule has 0 aromatic heterocycles. The molecule has 8 nitrogen and oxygen atoms in total. The number of ether oxygens (including phenoxy) is 2. The van der Waals surface area contributed by atoms with Gasteiger partial charge in [0.1, 0.15) is 6.10 Å². The summed E-state index contributed by atoms with van der Waals surface area (Å²) in [6, 6.07) is 18.1. The summed E-state index contributed by atoms with van der Waals surface area (Å²) in [6.45, 7) is 0. The molecule has 0 aliphatic carbocycles. The number of anilines is 1. The van der Waals surface area contributed by atoms with Crippen LogP contribution in [-0.4, -0.2) is 29.4 Å². The van der Waals surface area contributed by atoms with E-state index in [1.807, 2.05) is 36.4 Å². The number of hydroxylamine groups is 1. The summed E-state index contributed by atoms with van der Waals surface area (Å²) in [5.41, 5.74) is 2.77. The van der Waals surface area contributed by atoms with Crippen molar-refractivity contribution >= 4 is 28.5 Å². The van der Waals surface area contributed by atoms with Crippen LogP contribution in [0.1, 0.15) is 30.9 Å². The second-order valence-corrected chi connectivity index (χ2v) is 7.29. The molecule has 0 unspecified atom stereocenters. The number of benzene rings is 3. The Morgan fingerprint density at radius 2 is 1.88 bits per heavy atom. The first-order valence-corrected chi connectivity index (χ1v) is 10.4. The first kappa shape index (κ1) is 23.6. The highest BCUT2D eigenvalue weighted by Crippen LogP contribution is 2.33. The first-order valence-electron chi connectivity index (χ1n) is 10.4. The molecule has 0 saturated heterocycles. The van der Waals surface area contributed by atoms with Crippen LogP contribution in [0, 0.1) is 0 Å². The molecule has 4 N–H and O–H groups in total. The van der Waals surface area contributed by atoms with Gasteiger partial charge in [-0.3, -0.25) is 15.3 Å². The molecule has 0 radical (unpaired) electrons. The molecule has 2 amide bonds. The Kier molecular flexibility index (Phi) is 8.26. The van der Waals surface area contributed by atoms with Crippen molar-refractivity contribution in [3.63, 3.8) is 0 Å². The minimum absolute atomic E-state index is 0.0578. The summed E-state index contributed by atoms with van der Waals surface area (Å²) in [4.78, 5) is 23.8. The van der Waals surface area contributed by atoms with Gasteiger partial charge in [0.15, 0.2) is 11.5 Å². The molecule has 172 valence electrons. The zero-order valence-corrected chi connectivity index (χ0v) is 18.2. The van der Waals surface area contributed by atoms with Crippen LogP contribution < -0.4 is 15.5 Å². The largest absolute Gasteiger partial charge is 0.504 e. The normalized spacial score (nSPS) is 11.8. The standard InChI is InChI=1S/C25H26N2O6/c1-32-23-15-14-18(16-21(23)28)22(12-3-2-4-13-24(29)27-31)33-25(30)26-20-11-7-9-17-8-5-6-10-19(17)20/h4-11,13-16,22,28,31H,2-3,12H2,1H3,(H,26,30)(H,27,29)/b13-4+/t22-/m0/s1. The maximum absolute atomic E-state index is 12.7. The number of unbranched alkanes of at least 4 members (excludes halogenated alkanes) is 1. The topological polar surface area (TPSA) is 117 Å². The molecule has 0 spiro atoms. The number of phenols is 1. The first-order chi connectivity index (χ1) is 16.0. The Morgan fingerprint density at radius 1 is 1.09 bits per heavy atom. The van der Waals surface area contributed by atoms with Gasteiger partial charge in [0.05, 0.1) is 12.8 Å². The van der Waals surface area contributed by atoms with E-state index in [-0.39, 0.29) is 5.75 Å². The van der Waals surface area contributed by atoms with Gasteiger partial charge in [-0.25, -0.2) is 10.3 Å². The Bertz CT molecular complexity index is 1140. The third-order valence-electron chi connectivity index (χ3n) is 5.07. The molecule has 1 atom stereocenters. The van der Waals surface area contributed by atoms with Gasteiger partial charge in [-0.15, -0.1) is 0 Å². The molecule has 3 aromatic carbocycles. The van der Waals surface area contributed by atoms with E-state index in [0.717, 1.165) is 10.8 Å². The Hall–Kier alpha value is -4.04. The van der Waals surface area contributed by atoms with Crippen LogP contribution in [0.3, 0.4) is 0 Å². The third kappa shape index (κ3) is 6.47. The second-order valence-electron chi connectivity index (χ2n) is 7.29. The molecule has 3 rings (SSSR count). The van der Waals surface area contributed by atoms with Crippen LogP contribution in [-0.2, 0) is 9.53 Å². The average molecular weight is 450 g/mol. The summed E-state index contributed by atoms with van der Waals surface area (Å²) in [7, 11) is 1.45. The maximum Gasteiger partial charge on any atom is 0.412 e. The summed E-state index contributed by atoms with van der Waals surface area (Å²) in [5, 5.41) is 23.4. The van der Waals surface area contributed by atoms with E-state index >= 15 is 0 Å². The number of hydrogen-bond acceptors (Lipinski definition) is 6. The lowest BCUT2D eigenvalue weighted by Crippen LogP contribution is -2.18. The molecule has 0 bridgehead atoms. The van der Waals surface area contributed by atoms with E-state index in [1.165, 1.54) is 24.7 Å². The zero-order chi connectivity index (χ0) is 23.6. The number of hydrogen-bond donors (Lipinski definition) is 4. The molecule has 8 heteroatoms. The van der Waals surface area contributed by atoms with Crippen molar-refractivity contribution < 1.29 is 29.4 Å². The van der Waals surface area contributed by atoms with Crippen molar-refractivity contribution in [1.82, 2.24) is 5.48 Å². The van der Waals surface area contributed by atoms with Gasteiger partial charge < -0.3 is 14.6 Å². The lowest BCUT2D eigenvalue weighted by molar-refractivity contribution is -0.124. The molecular weight excluding hydrogens is 424 g/mol. The van der Waals surface area contributed by atoms with Gasteiger partial charge in [-0.05, 0) is 48.4 Å². The highest BCUT2D eigenvalue weighted by Gasteiger charge is 2.19. The van der Waals surface area contributed by atoms with Crippen LogP contribution in [0.15, 0.2) is 72.8 Å². The van der Waals surface area contributed by atoms with Gasteiger partial charge in [0.2, 0.25) is 0 Å². The van der Waals surface area contributed by atoms with Crippen LogP contribution in [0.4, 0.5) is 10.5 Å². The van der Waals surface area contributed by atoms with Crippen molar-refractivity contribution in [2.45, 2.75) is 25.4 Å². The van der Waals surface area contributed by atoms with Crippen molar-refractivity contribution in [1.29, 1.82) is 0 Å². The third-order valence-corrected chi connectivity index (χ3v) is 5.07. The number of aromatic hydroxyl groups is 1. The van der Waals surface area contributed by atoms with Gasteiger partial charge in [-0.1, -0.05) is 48.5 Å². The molecule has 0 saturated carbocycles. The van der Waals surface area contributed by atoms with E-state index < -0.39 is 18.1 Å². The van der Waals surface area contributed by atoms with Crippen LogP contribution in [0.25, 0.3) is 10.8 Å². The number of phenolic OH excluding ortho intramolecular Hbond substituents is 1. The Balaban J connectivity index is 1.73. The SMILES string of the molecule is COc1ccc([C@H](CCC/C=C/C(=O)NO)OC(=O)Nc2cccc3ccccc23)cc1O. The molecule has 33 heavy (non-hydrogen) atoms. The molecule has 0 aliphatic heterocycles. The fourth-order valence-corrected chi connectivity index (χ4v) is 3.45. The number of methoxy groups -OCH3 is 1. The van der Waals surface area contributed by atoms with Gasteiger partial charge in [-0.2, -0.15) is 0 Å². The van der Waals surface area contributed by atoms with Crippen molar-refractivity contribution in [2.24, 2.45) is 0 Å². The summed E-state index contributed by atoms with van der Waals surface area (Å²) in [5.74, 6) is -0.356. The molecular formula is C25H26N2O6. The summed E-state index contributed by atoms with van der Waals surface area (Å²) < 4.78 is 10.8. The number of fused-ring (bicyclic) bond motifs is 1. The molecule has 0 heterocycles. The summed E-state index contributed by atoms with van der Waals surface area (Å²) in [6.07, 6.45) is 3.14. The monoisotopic (exact) mass is 450 g/mol. The predicted octanol–water partition coefficient (Wildman–Crippen LogP) is 5.08. The molecule has 0 aliphatic rings. The van der Waals surface area contributed by atoms with Crippen molar-refractivity contribution in [2.75, 3.05) is 12.4 Å². The minimum atomic E-state index is -0.642. The Morgan fingerprint density at radius 3 is 2.64 bits per heavy atom. The minimum Gasteiger partial charge on any atom is -0.504 e. The van der Waals surface area contributed by atoms with E-state index in [0.29, 0.717) is 36.3 Å². The number of rotatable bonds is 9. The highest BCUT2D eigenvalue weighted by atomic mass is 16.6. The smallest absolute Gasteiger partial charge is 0.412 e. The van der Waals surface area contributed by atoms with Crippen molar-refractivity contribution in [3.8, 4) is 11.5 Å². The lowest BCUT2D eigenvalue weighted by atomic mass is 10.0. The number of amides is 2. The number of nitrogens with one attached hydrogen (secondary N) is 2. The quantitative estimate of drug-likeness (QED) is 0.156. The predicted molar refractivity (Wildman–Crippen MR) is 124 cm³/mol. The van der Waals surface area contributed by atoms with E-state index in [9.17, 15) is 14.7 Å². The number of carbonyl (C=O) groups excluding carboxylic acids is 2. The van der Waals surface area contributed by atoms with E-state index in [1.54, 1.807) is 24.3 Å². The number of allylic oxidation sites excluding steroid dienone is 1. The van der Waals surface area contributed by atoms with E-state index in [2.05, 4.69) is 5.32 Å². The Labute approximate surface area is 191 Å². The van der Waals surface area contributed by atoms with Crippen LogP contribution >= 0.6 is 0 Å². The number of carbonyl (C=O) groups is 2. The second kappa shape index (κ2) is 11.5. The zero-order valence-electron chi connectivity index (χ0n) is 18.2. The van der Waals surface area contributed by atoms with Gasteiger partial charge >= 0.3 is 6.09 Å². The average Bonchev–Trinajstić information content (AvgIpc) is 2.83. The van der Waals surface area contributed by atoms with E-state index in [4.69, 9.17) is 14.7 Å². The van der Waals surface area contributed by atoms with Crippen LogP contribution in [0.5, 0.6) is 11.5 Å².